The first-order valence-electron chi connectivity index (χ1n) is 13.9. The van der Waals surface area contributed by atoms with Gasteiger partial charge >= 0.3 is 0 Å². The average molecular weight is 490 g/mol. The third kappa shape index (κ3) is 5.51. The minimum absolute atomic E-state index is 0.253. The average Bonchev–Trinajstić information content (AvgIpc) is 3.66. The van der Waals surface area contributed by atoms with E-state index in [-0.39, 0.29) is 6.61 Å². The summed E-state index contributed by atoms with van der Waals surface area (Å²) in [6, 6.07) is 17.3. The van der Waals surface area contributed by atoms with Crippen LogP contribution in [0.15, 0.2) is 59.3 Å². The Morgan fingerprint density at radius 2 is 1.25 bits per heavy atom. The number of unbranched alkanes of at least 4 members (excludes halogenated alkanes) is 4. The maximum atomic E-state index is 10.2. The van der Waals surface area contributed by atoms with Gasteiger partial charge in [-0.25, -0.2) is 0 Å². The Balaban J connectivity index is 1.30. The monoisotopic (exact) mass is 489 g/mol. The zero-order valence-corrected chi connectivity index (χ0v) is 21.2. The maximum absolute atomic E-state index is 10.2. The Kier molecular flexibility index (Phi) is 8.37. The van der Waals surface area contributed by atoms with Crippen LogP contribution in [-0.4, -0.2) is 31.5 Å². The first kappa shape index (κ1) is 25.0. The summed E-state index contributed by atoms with van der Waals surface area (Å²) in [6.45, 7) is 2.01. The molecule has 4 bridgehead atoms. The molecule has 0 spiro atoms. The molecule has 0 aliphatic heterocycles. The minimum Gasteiger partial charge on any atom is -0.494 e. The highest BCUT2D eigenvalue weighted by atomic mass is 16.5. The second kappa shape index (κ2) is 12.1. The molecule has 2 aromatic carbocycles. The molecule has 0 radical (unpaired) electrons. The topological polar surface area (TPSA) is 68.1 Å². The van der Waals surface area contributed by atoms with E-state index in [1.54, 1.807) is 5.57 Å². The molecule has 0 aromatic heterocycles. The van der Waals surface area contributed by atoms with Crippen LogP contribution >= 0.6 is 0 Å². The first-order chi connectivity index (χ1) is 17.8. The zero-order chi connectivity index (χ0) is 24.7. The summed E-state index contributed by atoms with van der Waals surface area (Å²) in [5, 5.41) is 11.9. The van der Waals surface area contributed by atoms with E-state index in [4.69, 9.17) is 14.6 Å². The number of hydrogen-bond acceptors (Lipinski definition) is 5. The molecule has 36 heavy (non-hydrogen) atoms. The lowest BCUT2D eigenvalue weighted by Crippen LogP contribution is -2.07. The van der Waals surface area contributed by atoms with Crippen molar-refractivity contribution in [1.29, 1.82) is 0 Å². The van der Waals surface area contributed by atoms with Gasteiger partial charge in [-0.05, 0) is 122 Å². The molecule has 5 heteroatoms. The highest BCUT2D eigenvalue weighted by Crippen LogP contribution is 2.67. The molecular formula is C31H39NO4. The van der Waals surface area contributed by atoms with E-state index < -0.39 is 0 Å². The van der Waals surface area contributed by atoms with Crippen molar-refractivity contribution in [3.63, 3.8) is 0 Å². The fourth-order valence-electron chi connectivity index (χ4n) is 6.84. The number of nitrogens with zero attached hydrogens (tertiary/aromatic N) is 1. The summed E-state index contributed by atoms with van der Waals surface area (Å²) in [4.78, 5) is 10.2. The lowest BCUT2D eigenvalue weighted by Gasteiger charge is -2.21. The fraction of sp³-hybridized carbons (Fsp3) is 0.548. The largest absolute Gasteiger partial charge is 0.494 e. The Morgan fingerprint density at radius 1 is 0.722 bits per heavy atom. The molecular weight excluding hydrogens is 450 g/mol. The molecule has 4 aliphatic rings. The lowest BCUT2D eigenvalue weighted by molar-refractivity contribution is 0.266. The van der Waals surface area contributed by atoms with Crippen molar-refractivity contribution < 1.29 is 14.6 Å². The summed E-state index contributed by atoms with van der Waals surface area (Å²) in [5.74, 6) is 5.12. The van der Waals surface area contributed by atoms with Crippen molar-refractivity contribution in [3.8, 4) is 11.5 Å². The second-order valence-corrected chi connectivity index (χ2v) is 10.7. The molecule has 5 nitrogen and oxygen atoms in total. The Morgan fingerprint density at radius 3 is 1.72 bits per heavy atom. The number of nitroso groups, excluding NO2 is 1. The van der Waals surface area contributed by atoms with Gasteiger partial charge in [0.05, 0.1) is 19.8 Å². The van der Waals surface area contributed by atoms with Crippen LogP contribution in [-0.2, 0) is 0 Å². The summed E-state index contributed by atoms with van der Waals surface area (Å²) in [5.41, 5.74) is 5.70. The standard InChI is InChI=1S/C31H39NO4/c33-16-4-2-6-18-36-27-13-9-23(10-14-27)30(31-28-20-24-19-25(28)21-29(24)31)22-7-11-26(12-8-22)35-17-5-1-3-15-32-34/h7-14,24-25,28-29,33H,1-6,15-21H2. The summed E-state index contributed by atoms with van der Waals surface area (Å²) < 4.78 is 11.9. The van der Waals surface area contributed by atoms with Crippen LogP contribution in [0.3, 0.4) is 0 Å². The summed E-state index contributed by atoms with van der Waals surface area (Å²) in [6.07, 6.45) is 9.73. The molecule has 0 heterocycles. The van der Waals surface area contributed by atoms with Crippen LogP contribution in [0.1, 0.15) is 68.9 Å². The number of benzene rings is 2. The quantitative estimate of drug-likeness (QED) is 0.216. The minimum atomic E-state index is 0.253. The Labute approximate surface area is 214 Å². The van der Waals surface area contributed by atoms with Gasteiger partial charge in [-0.1, -0.05) is 35.0 Å². The number of ether oxygens (including phenoxy) is 2. The van der Waals surface area contributed by atoms with Crippen LogP contribution < -0.4 is 9.47 Å². The summed E-state index contributed by atoms with van der Waals surface area (Å²) in [7, 11) is 0. The van der Waals surface area contributed by atoms with Gasteiger partial charge in [0.1, 0.15) is 11.5 Å². The van der Waals surface area contributed by atoms with E-state index >= 15 is 0 Å². The fourth-order valence-corrected chi connectivity index (χ4v) is 6.84. The van der Waals surface area contributed by atoms with Crippen LogP contribution in [0.2, 0.25) is 0 Å². The van der Waals surface area contributed by atoms with E-state index in [1.807, 2.05) is 0 Å². The zero-order valence-electron chi connectivity index (χ0n) is 21.2. The molecule has 4 unspecified atom stereocenters. The van der Waals surface area contributed by atoms with Gasteiger partial charge in [0.2, 0.25) is 0 Å². The highest BCUT2D eigenvalue weighted by molar-refractivity contribution is 5.84. The number of allylic oxidation sites excluding steroid dienone is 1. The highest BCUT2D eigenvalue weighted by Gasteiger charge is 2.57. The molecule has 4 saturated carbocycles. The predicted octanol–water partition coefficient (Wildman–Crippen LogP) is 7.02. The first-order valence-corrected chi connectivity index (χ1v) is 13.9. The Hall–Kier alpha value is -2.66. The van der Waals surface area contributed by atoms with Gasteiger partial charge in [-0.15, -0.1) is 0 Å². The molecule has 4 fully saturated rings. The normalized spacial score (nSPS) is 23.4. The van der Waals surface area contributed by atoms with Gasteiger partial charge in [-0.3, -0.25) is 0 Å². The van der Waals surface area contributed by atoms with E-state index in [9.17, 15) is 4.91 Å². The molecule has 192 valence electrons. The molecule has 1 N–H and O–H groups in total. The van der Waals surface area contributed by atoms with Gasteiger partial charge in [0.15, 0.2) is 0 Å². The molecule has 4 atom stereocenters. The van der Waals surface area contributed by atoms with E-state index in [0.717, 1.165) is 73.7 Å². The SMILES string of the molecule is O=NCCCCCOc1ccc(C(=C2C3CC4CC3CC24)c2ccc(OCCCCCO)cc2)cc1. The number of rotatable bonds is 15. The number of hydrogen-bond donors (Lipinski definition) is 1. The van der Waals surface area contributed by atoms with Crippen LogP contribution in [0, 0.1) is 28.6 Å². The molecule has 6 rings (SSSR count). The van der Waals surface area contributed by atoms with E-state index in [1.165, 1.54) is 36.0 Å². The van der Waals surface area contributed by atoms with Crippen molar-refractivity contribution in [2.45, 2.75) is 57.8 Å². The van der Waals surface area contributed by atoms with Gasteiger partial charge in [0.25, 0.3) is 0 Å². The molecule has 2 aromatic rings. The molecule has 4 aliphatic carbocycles. The van der Waals surface area contributed by atoms with Crippen molar-refractivity contribution in [2.75, 3.05) is 26.4 Å². The third-order valence-electron chi connectivity index (χ3n) is 8.46. The van der Waals surface area contributed by atoms with Gasteiger partial charge < -0.3 is 14.6 Å². The van der Waals surface area contributed by atoms with Crippen LogP contribution in [0.5, 0.6) is 11.5 Å². The second-order valence-electron chi connectivity index (χ2n) is 10.7. The smallest absolute Gasteiger partial charge is 0.119 e. The van der Waals surface area contributed by atoms with Crippen molar-refractivity contribution in [3.05, 3.63) is 70.1 Å². The van der Waals surface area contributed by atoms with Gasteiger partial charge in [-0.2, -0.15) is 4.91 Å². The van der Waals surface area contributed by atoms with Crippen molar-refractivity contribution >= 4 is 5.57 Å². The van der Waals surface area contributed by atoms with Crippen molar-refractivity contribution in [1.82, 2.24) is 0 Å². The molecule has 0 amide bonds. The maximum Gasteiger partial charge on any atom is 0.119 e. The van der Waals surface area contributed by atoms with E-state index in [0.29, 0.717) is 19.8 Å². The Bertz CT molecular complexity index is 1010. The summed E-state index contributed by atoms with van der Waals surface area (Å²) >= 11 is 0. The van der Waals surface area contributed by atoms with Crippen LogP contribution in [0.25, 0.3) is 5.57 Å². The van der Waals surface area contributed by atoms with E-state index in [2.05, 4.69) is 53.7 Å². The molecule has 0 saturated heterocycles. The predicted molar refractivity (Wildman–Crippen MR) is 143 cm³/mol. The van der Waals surface area contributed by atoms with Crippen LogP contribution in [0.4, 0.5) is 0 Å². The van der Waals surface area contributed by atoms with Gasteiger partial charge in [0, 0.05) is 6.61 Å². The lowest BCUT2D eigenvalue weighted by atomic mass is 9.84. The number of aliphatic hydroxyl groups is 1. The van der Waals surface area contributed by atoms with Crippen molar-refractivity contribution in [2.24, 2.45) is 28.8 Å². The third-order valence-corrected chi connectivity index (χ3v) is 8.46. The number of aliphatic hydroxyl groups excluding tert-OH is 1.